The van der Waals surface area contributed by atoms with Crippen molar-refractivity contribution in [1.82, 2.24) is 14.6 Å². The van der Waals surface area contributed by atoms with Gasteiger partial charge in [0.15, 0.2) is 5.82 Å². The molecule has 0 spiro atoms. The summed E-state index contributed by atoms with van der Waals surface area (Å²) in [6.07, 6.45) is 6.39. The normalized spacial score (nSPS) is 10.1. The lowest BCUT2D eigenvalue weighted by Crippen LogP contribution is -2.25. The van der Waals surface area contributed by atoms with Crippen LogP contribution in [0.2, 0.25) is 0 Å². The summed E-state index contributed by atoms with van der Waals surface area (Å²) in [5.74, 6) is 0.524. The number of pyridine rings is 1. The zero-order valence-corrected chi connectivity index (χ0v) is 9.89. The molecule has 82 valence electrons. The van der Waals surface area contributed by atoms with Gasteiger partial charge in [0, 0.05) is 30.0 Å². The van der Waals surface area contributed by atoms with Gasteiger partial charge in [0.05, 0.1) is 6.20 Å². The number of nitrogens with zero attached hydrogens (tertiary/aromatic N) is 3. The molecule has 2 heterocycles. The smallest absolute Gasteiger partial charge is 0.269 e. The number of rotatable bonds is 3. The quantitative estimate of drug-likeness (QED) is 0.864. The van der Waals surface area contributed by atoms with Crippen molar-refractivity contribution in [2.24, 2.45) is 0 Å². The first-order valence-corrected chi connectivity index (χ1v) is 5.72. The number of hydrogen-bond donors (Lipinski definition) is 1. The summed E-state index contributed by atoms with van der Waals surface area (Å²) in [6.45, 7) is 0. The summed E-state index contributed by atoms with van der Waals surface area (Å²) < 4.78 is 1.38. The largest absolute Gasteiger partial charge is 0.274 e. The van der Waals surface area contributed by atoms with Crippen molar-refractivity contribution in [3.05, 3.63) is 52.8 Å². The van der Waals surface area contributed by atoms with Crippen LogP contribution in [0.5, 0.6) is 0 Å². The minimum atomic E-state index is -0.143. The summed E-state index contributed by atoms with van der Waals surface area (Å²) in [5.41, 5.74) is 3.71. The van der Waals surface area contributed by atoms with Gasteiger partial charge in [-0.25, -0.2) is 9.66 Å². The molecule has 5 nitrogen and oxygen atoms in total. The highest BCUT2D eigenvalue weighted by atomic mass is 79.9. The molecule has 2 rings (SSSR count). The van der Waals surface area contributed by atoms with Crippen LogP contribution in [0.4, 0.5) is 5.82 Å². The first-order valence-electron chi connectivity index (χ1n) is 4.60. The Bertz CT molecular complexity index is 526. The van der Waals surface area contributed by atoms with Crippen LogP contribution in [0.25, 0.3) is 0 Å². The van der Waals surface area contributed by atoms with E-state index in [0.717, 1.165) is 5.56 Å². The molecule has 0 fully saturated rings. The van der Waals surface area contributed by atoms with E-state index in [9.17, 15) is 4.79 Å². The number of anilines is 1. The van der Waals surface area contributed by atoms with Crippen LogP contribution in [0, 0.1) is 0 Å². The Morgan fingerprint density at radius 3 is 2.94 bits per heavy atom. The molecule has 2 aromatic heterocycles. The zero-order chi connectivity index (χ0) is 11.4. The van der Waals surface area contributed by atoms with Crippen molar-refractivity contribution in [2.75, 3.05) is 5.43 Å². The molecule has 0 amide bonds. The van der Waals surface area contributed by atoms with Gasteiger partial charge in [-0.05, 0) is 5.56 Å². The van der Waals surface area contributed by atoms with E-state index in [1.54, 1.807) is 30.9 Å². The van der Waals surface area contributed by atoms with Crippen LogP contribution in [-0.4, -0.2) is 14.6 Å². The van der Waals surface area contributed by atoms with E-state index in [1.807, 2.05) is 0 Å². The Hall–Kier alpha value is -1.69. The predicted molar refractivity (Wildman–Crippen MR) is 64.4 cm³/mol. The molecule has 0 unspecified atom stereocenters. The molecule has 0 aromatic carbocycles. The van der Waals surface area contributed by atoms with Crippen LogP contribution < -0.4 is 11.0 Å². The molecule has 0 atom stereocenters. The molecular weight excluding hydrogens is 272 g/mol. The van der Waals surface area contributed by atoms with Crippen molar-refractivity contribution in [2.45, 2.75) is 5.33 Å². The third-order valence-corrected chi connectivity index (χ3v) is 2.57. The fourth-order valence-electron chi connectivity index (χ4n) is 1.18. The molecule has 6 heteroatoms. The van der Waals surface area contributed by atoms with Gasteiger partial charge in [-0.1, -0.05) is 22.0 Å². The van der Waals surface area contributed by atoms with Crippen molar-refractivity contribution in [1.29, 1.82) is 0 Å². The summed E-state index contributed by atoms with van der Waals surface area (Å²) >= 11 is 3.33. The Labute approximate surface area is 100 Å². The minimum absolute atomic E-state index is 0.143. The molecular formula is C10H9BrN4O. The molecule has 0 saturated carbocycles. The first-order chi connectivity index (χ1) is 7.79. The lowest BCUT2D eigenvalue weighted by Gasteiger charge is -2.08. The van der Waals surface area contributed by atoms with E-state index in [4.69, 9.17) is 0 Å². The van der Waals surface area contributed by atoms with Crippen LogP contribution in [-0.2, 0) is 5.33 Å². The van der Waals surface area contributed by atoms with Gasteiger partial charge >= 0.3 is 0 Å². The number of alkyl halides is 1. The molecule has 16 heavy (non-hydrogen) atoms. The fourth-order valence-corrected chi connectivity index (χ4v) is 1.51. The maximum atomic E-state index is 11.5. The maximum absolute atomic E-state index is 11.5. The maximum Gasteiger partial charge on any atom is 0.269 e. The lowest BCUT2D eigenvalue weighted by molar-refractivity contribution is 0.874. The van der Waals surface area contributed by atoms with Gasteiger partial charge in [0.1, 0.15) is 0 Å². The van der Waals surface area contributed by atoms with E-state index in [-0.39, 0.29) is 5.56 Å². The van der Waals surface area contributed by atoms with Crippen LogP contribution in [0.1, 0.15) is 5.56 Å². The number of halogens is 1. The first kappa shape index (κ1) is 10.8. The molecule has 0 aliphatic rings. The predicted octanol–water partition coefficient (Wildman–Crippen LogP) is 1.41. The minimum Gasteiger partial charge on any atom is -0.274 e. The van der Waals surface area contributed by atoms with E-state index < -0.39 is 0 Å². The van der Waals surface area contributed by atoms with Crippen molar-refractivity contribution in [3.63, 3.8) is 0 Å². The van der Waals surface area contributed by atoms with Crippen molar-refractivity contribution < 1.29 is 0 Å². The molecule has 0 aliphatic heterocycles. The average Bonchev–Trinajstić information content (AvgIpc) is 2.33. The average molecular weight is 281 g/mol. The summed E-state index contributed by atoms with van der Waals surface area (Å²) in [7, 11) is 0. The molecule has 0 aliphatic carbocycles. The Kier molecular flexibility index (Phi) is 3.31. The number of aromatic nitrogens is 3. The summed E-state index contributed by atoms with van der Waals surface area (Å²) in [4.78, 5) is 19.5. The Morgan fingerprint density at radius 2 is 2.25 bits per heavy atom. The number of hydrogen-bond acceptors (Lipinski definition) is 4. The second-order valence-electron chi connectivity index (χ2n) is 3.08. The molecule has 0 bridgehead atoms. The van der Waals surface area contributed by atoms with E-state index >= 15 is 0 Å². The Balaban J connectivity index is 2.31. The van der Waals surface area contributed by atoms with Gasteiger partial charge < -0.3 is 0 Å². The van der Waals surface area contributed by atoms with Gasteiger partial charge in [0.2, 0.25) is 0 Å². The summed E-state index contributed by atoms with van der Waals surface area (Å²) in [6, 6.07) is 3.27. The summed E-state index contributed by atoms with van der Waals surface area (Å²) in [5, 5.41) is 0.690. The van der Waals surface area contributed by atoms with E-state index in [2.05, 4.69) is 31.3 Å². The lowest BCUT2D eigenvalue weighted by atomic mass is 10.3. The van der Waals surface area contributed by atoms with Crippen molar-refractivity contribution in [3.8, 4) is 0 Å². The monoisotopic (exact) mass is 280 g/mol. The molecule has 0 saturated heterocycles. The van der Waals surface area contributed by atoms with Gasteiger partial charge in [-0.2, -0.15) is 0 Å². The highest BCUT2D eigenvalue weighted by molar-refractivity contribution is 9.08. The molecule has 1 N–H and O–H groups in total. The van der Waals surface area contributed by atoms with Gasteiger partial charge in [-0.15, -0.1) is 0 Å². The third-order valence-electron chi connectivity index (χ3n) is 1.92. The van der Waals surface area contributed by atoms with Crippen molar-refractivity contribution >= 4 is 21.7 Å². The van der Waals surface area contributed by atoms with E-state index in [0.29, 0.717) is 11.1 Å². The van der Waals surface area contributed by atoms with Crippen LogP contribution in [0.15, 0.2) is 41.7 Å². The highest BCUT2D eigenvalue weighted by Gasteiger charge is 1.98. The topological polar surface area (TPSA) is 59.8 Å². The highest BCUT2D eigenvalue weighted by Crippen LogP contribution is 2.03. The Morgan fingerprint density at radius 1 is 1.38 bits per heavy atom. The van der Waals surface area contributed by atoms with Gasteiger partial charge in [0.25, 0.3) is 5.56 Å². The molecule has 2 aromatic rings. The van der Waals surface area contributed by atoms with Crippen LogP contribution in [0.3, 0.4) is 0 Å². The van der Waals surface area contributed by atoms with Gasteiger partial charge in [-0.3, -0.25) is 15.2 Å². The fraction of sp³-hybridized carbons (Fsp3) is 0.100. The van der Waals surface area contributed by atoms with Crippen LogP contribution >= 0.6 is 15.9 Å². The second kappa shape index (κ2) is 4.89. The molecule has 0 radical (unpaired) electrons. The third kappa shape index (κ3) is 2.46. The second-order valence-corrected chi connectivity index (χ2v) is 3.64. The standard InChI is InChI=1S/C10H9BrN4O/c11-5-8-1-2-10(16)15(7-8)14-9-6-12-3-4-13-9/h1-4,6-7H,5H2,(H,13,14). The SMILES string of the molecule is O=c1ccc(CBr)cn1Nc1cnccn1. The van der Waals surface area contributed by atoms with E-state index in [1.165, 1.54) is 10.7 Å². The zero-order valence-electron chi connectivity index (χ0n) is 8.30. The number of nitrogens with one attached hydrogen (secondary N) is 1.